The van der Waals surface area contributed by atoms with Crippen molar-refractivity contribution in [3.8, 4) is 0 Å². The molecule has 0 aliphatic carbocycles. The Hall–Kier alpha value is 0.240. The lowest BCUT2D eigenvalue weighted by atomic mass is 10.4. The summed E-state index contributed by atoms with van der Waals surface area (Å²) in [5.41, 5.74) is -4.07. The molecule has 0 N–H and O–H groups in total. The summed E-state index contributed by atoms with van der Waals surface area (Å²) >= 11 is 13.4. The Kier molecular flexibility index (Phi) is 15.2. The van der Waals surface area contributed by atoms with Gasteiger partial charge in [-0.1, -0.05) is 59.7 Å². The number of carbonyl (C=O) groups excluding carboxylic acids is 2. The lowest BCUT2D eigenvalue weighted by Gasteiger charge is -2.18. The van der Waals surface area contributed by atoms with Crippen molar-refractivity contribution < 1.29 is 23.2 Å². The third-order valence-corrected chi connectivity index (χ3v) is 15.2. The van der Waals surface area contributed by atoms with E-state index in [0.29, 0.717) is 13.0 Å². The molecule has 160 valence electrons. The molecule has 0 saturated heterocycles. The summed E-state index contributed by atoms with van der Waals surface area (Å²) in [5, 5.41) is 0. The van der Waals surface area contributed by atoms with E-state index in [1.165, 1.54) is 26.2 Å². The minimum Gasteiger partial charge on any atom is -0.341 e. The Morgan fingerprint density at radius 2 is 1.75 bits per heavy atom. The number of imide groups is 1. The van der Waals surface area contributed by atoms with E-state index in [1.54, 1.807) is 11.4 Å². The molecule has 2 amide bonds. The van der Waals surface area contributed by atoms with Crippen LogP contribution in [0.2, 0.25) is 0 Å². The van der Waals surface area contributed by atoms with Crippen LogP contribution in [0.15, 0.2) is 35.2 Å². The van der Waals surface area contributed by atoms with Crippen LogP contribution in [0.3, 0.4) is 0 Å². The molecule has 0 spiro atoms. The summed E-state index contributed by atoms with van der Waals surface area (Å²) in [6.45, 7) is 4.82. The number of hydrogen-bond acceptors (Lipinski definition) is 9. The molecule has 1 aromatic carbocycles. The highest BCUT2D eigenvalue weighted by Crippen LogP contribution is 2.62. The lowest BCUT2D eigenvalue weighted by Crippen LogP contribution is -2.26. The van der Waals surface area contributed by atoms with Crippen LogP contribution in [0.1, 0.15) is 13.8 Å². The quantitative estimate of drug-likeness (QED) is 0.307. The number of rotatable bonds is 11. The monoisotopic (exact) mass is 503 g/mol. The van der Waals surface area contributed by atoms with Gasteiger partial charge in [-0.2, -0.15) is 0 Å². The van der Waals surface area contributed by atoms with Gasteiger partial charge in [-0.15, -0.1) is 0 Å². The topological polar surface area (TPSA) is 65.1 Å². The van der Waals surface area contributed by atoms with Crippen molar-refractivity contribution in [3.05, 3.63) is 30.3 Å². The second-order valence-electron chi connectivity index (χ2n) is 4.95. The third-order valence-electron chi connectivity index (χ3n) is 3.05. The van der Waals surface area contributed by atoms with E-state index in [4.69, 9.17) is 37.2 Å². The molecule has 1 atom stereocenters. The zero-order valence-electron chi connectivity index (χ0n) is 16.6. The van der Waals surface area contributed by atoms with Gasteiger partial charge >= 0.3 is 0 Å². The number of nitrogens with zero attached hydrogens (tertiary/aromatic N) is 1. The molecule has 0 aliphatic rings. The maximum absolute atomic E-state index is 11.2. The molecule has 1 rings (SSSR count). The first-order valence-corrected chi connectivity index (χ1v) is 16.8. The standard InChI is InChI=1S/C10H15OPS2.C6H12NO4PS2/c1-3-11-12(13,4-2)14-10-8-6-5-7-9-10;1-7(5-8)6(9)4-14-12(13,10-2)11-3/h5-9H,3-4H2,1-2H3;5H,4H2,1-3H3. The van der Waals surface area contributed by atoms with Crippen LogP contribution >= 0.6 is 33.9 Å². The smallest absolute Gasteiger partial charge is 0.247 e. The molecule has 0 fully saturated rings. The Morgan fingerprint density at radius 1 is 1.18 bits per heavy atom. The van der Waals surface area contributed by atoms with Gasteiger partial charge in [-0.05, 0) is 30.9 Å². The van der Waals surface area contributed by atoms with Gasteiger partial charge in [0.25, 0.3) is 0 Å². The van der Waals surface area contributed by atoms with Crippen molar-refractivity contribution in [3.63, 3.8) is 0 Å². The van der Waals surface area contributed by atoms with E-state index >= 15 is 0 Å². The van der Waals surface area contributed by atoms with E-state index in [1.807, 2.05) is 25.1 Å². The number of amides is 2. The molecule has 0 radical (unpaired) electrons. The first-order chi connectivity index (χ1) is 13.2. The minimum atomic E-state index is -2.40. The zero-order chi connectivity index (χ0) is 21.6. The van der Waals surface area contributed by atoms with Crippen molar-refractivity contribution in [1.29, 1.82) is 0 Å². The fourth-order valence-electron chi connectivity index (χ4n) is 1.50. The maximum atomic E-state index is 11.2. The first-order valence-electron chi connectivity index (χ1n) is 8.24. The largest absolute Gasteiger partial charge is 0.341 e. The van der Waals surface area contributed by atoms with Crippen molar-refractivity contribution in [1.82, 2.24) is 4.90 Å². The molecule has 0 saturated carbocycles. The highest BCUT2D eigenvalue weighted by Gasteiger charge is 2.19. The van der Waals surface area contributed by atoms with E-state index in [0.717, 1.165) is 22.4 Å². The fourth-order valence-corrected chi connectivity index (χ4v) is 8.88. The Balaban J connectivity index is 0.000000521. The summed E-state index contributed by atoms with van der Waals surface area (Å²) in [7, 11) is 4.26. The van der Waals surface area contributed by atoms with E-state index < -0.39 is 11.2 Å². The number of benzene rings is 1. The summed E-state index contributed by atoms with van der Waals surface area (Å²) in [6.07, 6.45) is 1.39. The van der Waals surface area contributed by atoms with E-state index in [2.05, 4.69) is 19.1 Å². The van der Waals surface area contributed by atoms with Crippen LogP contribution in [0.5, 0.6) is 0 Å². The van der Waals surface area contributed by atoms with Crippen LogP contribution in [-0.2, 0) is 46.8 Å². The molecule has 12 heteroatoms. The van der Waals surface area contributed by atoms with Crippen molar-refractivity contribution >= 4 is 69.9 Å². The van der Waals surface area contributed by atoms with Gasteiger partial charge in [0, 0.05) is 38.9 Å². The molecule has 0 aliphatic heterocycles. The normalized spacial score (nSPS) is 13.0. The fraction of sp³-hybridized carbons (Fsp3) is 0.500. The molecule has 0 heterocycles. The first kappa shape index (κ1) is 28.2. The van der Waals surface area contributed by atoms with Gasteiger partial charge in [0.1, 0.15) is 5.47 Å². The second-order valence-corrected chi connectivity index (χ2v) is 19.0. The highest BCUT2D eigenvalue weighted by atomic mass is 32.9. The molecule has 1 unspecified atom stereocenters. The van der Waals surface area contributed by atoms with Crippen LogP contribution in [-0.4, -0.2) is 57.0 Å². The molecule has 28 heavy (non-hydrogen) atoms. The minimum absolute atomic E-state index is 0.0776. The second kappa shape index (κ2) is 15.1. The van der Waals surface area contributed by atoms with Crippen LogP contribution in [0.4, 0.5) is 0 Å². The maximum Gasteiger partial charge on any atom is 0.247 e. The Labute approximate surface area is 186 Å². The van der Waals surface area contributed by atoms with Gasteiger partial charge in [-0.3, -0.25) is 14.5 Å². The van der Waals surface area contributed by atoms with Crippen molar-refractivity contribution in [2.24, 2.45) is 0 Å². The van der Waals surface area contributed by atoms with Crippen LogP contribution in [0.25, 0.3) is 0 Å². The molecule has 1 aromatic rings. The summed E-state index contributed by atoms with van der Waals surface area (Å²) in [5.74, 6) is -0.248. The average Bonchev–Trinajstić information content (AvgIpc) is 2.72. The highest BCUT2D eigenvalue weighted by molar-refractivity contribution is 8.69. The van der Waals surface area contributed by atoms with E-state index in [-0.39, 0.29) is 11.7 Å². The zero-order valence-corrected chi connectivity index (χ0v) is 21.7. The van der Waals surface area contributed by atoms with Gasteiger partial charge in [0.15, 0.2) is 0 Å². The average molecular weight is 504 g/mol. The van der Waals surface area contributed by atoms with Gasteiger partial charge in [0.05, 0.1) is 5.75 Å². The van der Waals surface area contributed by atoms with E-state index in [9.17, 15) is 9.59 Å². The van der Waals surface area contributed by atoms with Crippen LogP contribution < -0.4 is 0 Å². The summed E-state index contributed by atoms with van der Waals surface area (Å²) in [4.78, 5) is 23.6. The SMILES string of the molecule is CCOP(=S)(CC)Sc1ccccc1.COP(=S)(OC)SCC(=O)N(C)C=O. The molecular formula is C16H27NO5P2S4. The van der Waals surface area contributed by atoms with Gasteiger partial charge in [0.2, 0.25) is 18.0 Å². The summed E-state index contributed by atoms with van der Waals surface area (Å²) in [6, 6.07) is 10.2. The van der Waals surface area contributed by atoms with Crippen molar-refractivity contribution in [2.45, 2.75) is 18.7 Å². The molecule has 0 bridgehead atoms. The molecular weight excluding hydrogens is 476 g/mol. The molecule has 6 nitrogen and oxygen atoms in total. The number of hydrogen-bond donors (Lipinski definition) is 0. The van der Waals surface area contributed by atoms with Gasteiger partial charge < -0.3 is 13.6 Å². The van der Waals surface area contributed by atoms with Crippen molar-refractivity contribution in [2.75, 3.05) is 39.8 Å². The predicted octanol–water partition coefficient (Wildman–Crippen LogP) is 5.00. The lowest BCUT2D eigenvalue weighted by molar-refractivity contribution is -0.134. The Morgan fingerprint density at radius 3 is 2.18 bits per heavy atom. The van der Waals surface area contributed by atoms with Gasteiger partial charge in [-0.25, -0.2) is 0 Å². The molecule has 0 aromatic heterocycles. The predicted molar refractivity (Wildman–Crippen MR) is 128 cm³/mol. The van der Waals surface area contributed by atoms with Crippen LogP contribution in [0, 0.1) is 0 Å². The third kappa shape index (κ3) is 11.4. The number of carbonyl (C=O) groups is 2. The Bertz CT molecular complexity index is 685. The summed E-state index contributed by atoms with van der Waals surface area (Å²) < 4.78 is 15.6.